The quantitative estimate of drug-likeness (QED) is 0.731. The number of halogens is 3. The van der Waals surface area contributed by atoms with E-state index in [-0.39, 0.29) is 11.6 Å². The van der Waals surface area contributed by atoms with E-state index in [9.17, 15) is 18.0 Å². The van der Waals surface area contributed by atoms with Gasteiger partial charge in [0.05, 0.1) is 24.1 Å². The van der Waals surface area contributed by atoms with Gasteiger partial charge in [-0.15, -0.1) is 0 Å². The molecule has 0 saturated carbocycles. The molecule has 2 aromatic carbocycles. The van der Waals surface area contributed by atoms with Gasteiger partial charge in [-0.1, -0.05) is 12.1 Å². The number of hydrogen-bond acceptors (Lipinski definition) is 4. The fourth-order valence-corrected chi connectivity index (χ4v) is 2.39. The van der Waals surface area contributed by atoms with Gasteiger partial charge in [-0.05, 0) is 36.4 Å². The predicted octanol–water partition coefficient (Wildman–Crippen LogP) is 4.21. The summed E-state index contributed by atoms with van der Waals surface area (Å²) in [7, 11) is 1.53. The second kappa shape index (κ2) is 6.91. The summed E-state index contributed by atoms with van der Waals surface area (Å²) in [5, 5.41) is 2.54. The van der Waals surface area contributed by atoms with Crippen LogP contribution in [0.4, 0.5) is 24.8 Å². The molecule has 0 aliphatic carbocycles. The van der Waals surface area contributed by atoms with E-state index in [1.807, 2.05) is 0 Å². The SMILES string of the molecule is COc1ccc(-c2cc(=O)[nH]c(Nc3ccccc3C(F)(F)F)n2)cc1. The molecule has 0 radical (unpaired) electrons. The highest BCUT2D eigenvalue weighted by atomic mass is 19.4. The Bertz CT molecular complexity index is 966. The molecular formula is C18H14F3N3O2. The number of benzene rings is 2. The Morgan fingerprint density at radius 2 is 1.77 bits per heavy atom. The van der Waals surface area contributed by atoms with E-state index in [4.69, 9.17) is 4.74 Å². The minimum absolute atomic E-state index is 0.0833. The lowest BCUT2D eigenvalue weighted by molar-refractivity contribution is -0.136. The molecule has 0 spiro atoms. The van der Waals surface area contributed by atoms with Crippen LogP contribution in [0.15, 0.2) is 59.4 Å². The first-order valence-corrected chi connectivity index (χ1v) is 7.56. The number of hydrogen-bond donors (Lipinski definition) is 2. The summed E-state index contributed by atoms with van der Waals surface area (Å²) < 4.78 is 44.4. The number of H-pyrrole nitrogens is 1. The molecule has 0 fully saturated rings. The molecular weight excluding hydrogens is 347 g/mol. The molecule has 0 bridgehead atoms. The molecule has 3 aromatic rings. The monoisotopic (exact) mass is 361 g/mol. The fraction of sp³-hybridized carbons (Fsp3) is 0.111. The molecule has 0 saturated heterocycles. The molecule has 0 aliphatic heterocycles. The first-order valence-electron chi connectivity index (χ1n) is 7.56. The molecule has 1 heterocycles. The summed E-state index contributed by atoms with van der Waals surface area (Å²) in [6, 6.07) is 13.0. The molecule has 134 valence electrons. The van der Waals surface area contributed by atoms with Gasteiger partial charge in [0.2, 0.25) is 5.95 Å². The second-order valence-corrected chi connectivity index (χ2v) is 5.38. The highest BCUT2D eigenvalue weighted by Gasteiger charge is 2.33. The van der Waals surface area contributed by atoms with E-state index >= 15 is 0 Å². The van der Waals surface area contributed by atoms with Crippen molar-refractivity contribution in [1.29, 1.82) is 0 Å². The fourth-order valence-electron chi connectivity index (χ4n) is 2.39. The summed E-state index contributed by atoms with van der Waals surface area (Å²) >= 11 is 0. The highest BCUT2D eigenvalue weighted by molar-refractivity contribution is 5.64. The minimum Gasteiger partial charge on any atom is -0.497 e. The van der Waals surface area contributed by atoms with Crippen molar-refractivity contribution in [3.63, 3.8) is 0 Å². The van der Waals surface area contributed by atoms with Crippen molar-refractivity contribution in [2.45, 2.75) is 6.18 Å². The van der Waals surface area contributed by atoms with Gasteiger partial charge >= 0.3 is 6.18 Å². The lowest BCUT2D eigenvalue weighted by Gasteiger charge is -2.14. The van der Waals surface area contributed by atoms with E-state index < -0.39 is 17.3 Å². The van der Waals surface area contributed by atoms with Crippen molar-refractivity contribution >= 4 is 11.6 Å². The van der Waals surface area contributed by atoms with E-state index in [0.29, 0.717) is 17.0 Å². The van der Waals surface area contributed by atoms with Gasteiger partial charge in [-0.25, -0.2) is 4.98 Å². The number of para-hydroxylation sites is 1. The first-order chi connectivity index (χ1) is 12.4. The van der Waals surface area contributed by atoms with E-state index in [1.165, 1.54) is 31.4 Å². The lowest BCUT2D eigenvalue weighted by atomic mass is 10.1. The average Bonchev–Trinajstić information content (AvgIpc) is 2.61. The van der Waals surface area contributed by atoms with Crippen LogP contribution in [0.2, 0.25) is 0 Å². The number of ether oxygens (including phenoxy) is 1. The summed E-state index contributed by atoms with van der Waals surface area (Å²) in [5.74, 6) is 0.552. The lowest BCUT2D eigenvalue weighted by Crippen LogP contribution is -2.13. The van der Waals surface area contributed by atoms with E-state index in [0.717, 1.165) is 6.07 Å². The molecule has 2 N–H and O–H groups in total. The van der Waals surface area contributed by atoms with Crippen molar-refractivity contribution in [2.24, 2.45) is 0 Å². The van der Waals surface area contributed by atoms with Crippen LogP contribution in [0, 0.1) is 0 Å². The van der Waals surface area contributed by atoms with Gasteiger partial charge < -0.3 is 10.1 Å². The summed E-state index contributed by atoms with van der Waals surface area (Å²) in [6.45, 7) is 0. The topological polar surface area (TPSA) is 67.0 Å². The number of nitrogens with zero attached hydrogens (tertiary/aromatic N) is 1. The Balaban J connectivity index is 1.98. The van der Waals surface area contributed by atoms with Gasteiger partial charge in [0, 0.05) is 11.6 Å². The van der Waals surface area contributed by atoms with Crippen molar-refractivity contribution in [3.8, 4) is 17.0 Å². The van der Waals surface area contributed by atoms with Gasteiger partial charge in [-0.3, -0.25) is 9.78 Å². The number of rotatable bonds is 4. The molecule has 1 aromatic heterocycles. The molecule has 0 aliphatic rings. The molecule has 0 amide bonds. The third-order valence-electron chi connectivity index (χ3n) is 3.61. The minimum atomic E-state index is -4.53. The summed E-state index contributed by atoms with van der Waals surface area (Å²) in [6.07, 6.45) is -4.53. The molecule has 5 nitrogen and oxygen atoms in total. The Morgan fingerprint density at radius 3 is 2.42 bits per heavy atom. The number of alkyl halides is 3. The zero-order chi connectivity index (χ0) is 18.7. The Labute approximate surface area is 146 Å². The molecule has 3 rings (SSSR count). The number of aromatic nitrogens is 2. The molecule has 8 heteroatoms. The Hall–Kier alpha value is -3.29. The van der Waals surface area contributed by atoms with Gasteiger partial charge in [0.25, 0.3) is 5.56 Å². The van der Waals surface area contributed by atoms with E-state index in [2.05, 4.69) is 15.3 Å². The van der Waals surface area contributed by atoms with Crippen molar-refractivity contribution in [3.05, 3.63) is 70.5 Å². The molecule has 0 atom stereocenters. The van der Waals surface area contributed by atoms with Crippen LogP contribution in [0.3, 0.4) is 0 Å². The predicted molar refractivity (Wildman–Crippen MR) is 91.6 cm³/mol. The van der Waals surface area contributed by atoms with Crippen LogP contribution in [0.25, 0.3) is 11.3 Å². The zero-order valence-electron chi connectivity index (χ0n) is 13.6. The van der Waals surface area contributed by atoms with Crippen molar-refractivity contribution in [2.75, 3.05) is 12.4 Å². The number of aromatic amines is 1. The smallest absolute Gasteiger partial charge is 0.418 e. The van der Waals surface area contributed by atoms with Crippen molar-refractivity contribution < 1.29 is 17.9 Å². The number of anilines is 2. The van der Waals surface area contributed by atoms with Crippen molar-refractivity contribution in [1.82, 2.24) is 9.97 Å². The summed E-state index contributed by atoms with van der Waals surface area (Å²) in [4.78, 5) is 18.5. The Morgan fingerprint density at radius 1 is 1.08 bits per heavy atom. The number of methoxy groups -OCH3 is 1. The maximum atomic E-state index is 13.1. The zero-order valence-corrected chi connectivity index (χ0v) is 13.6. The van der Waals surface area contributed by atoms with Crippen LogP contribution < -0.4 is 15.6 Å². The van der Waals surface area contributed by atoms with Crippen LogP contribution in [0.1, 0.15) is 5.56 Å². The Kier molecular flexibility index (Phi) is 4.66. The van der Waals surface area contributed by atoms with E-state index in [1.54, 1.807) is 24.3 Å². The third kappa shape index (κ3) is 3.85. The third-order valence-corrected chi connectivity index (χ3v) is 3.61. The normalized spacial score (nSPS) is 11.2. The van der Waals surface area contributed by atoms with Gasteiger partial charge in [0.1, 0.15) is 5.75 Å². The highest BCUT2D eigenvalue weighted by Crippen LogP contribution is 2.35. The second-order valence-electron chi connectivity index (χ2n) is 5.38. The largest absolute Gasteiger partial charge is 0.497 e. The average molecular weight is 361 g/mol. The van der Waals surface area contributed by atoms with Gasteiger partial charge in [0.15, 0.2) is 0 Å². The maximum Gasteiger partial charge on any atom is 0.418 e. The maximum absolute atomic E-state index is 13.1. The first kappa shape index (κ1) is 17.5. The van der Waals surface area contributed by atoms with Gasteiger partial charge in [-0.2, -0.15) is 13.2 Å². The van der Waals surface area contributed by atoms with Crippen LogP contribution in [0.5, 0.6) is 5.75 Å². The summed E-state index contributed by atoms with van der Waals surface area (Å²) in [5.41, 5.74) is -0.585. The van der Waals surface area contributed by atoms with Crippen LogP contribution >= 0.6 is 0 Å². The van der Waals surface area contributed by atoms with Crippen LogP contribution in [-0.4, -0.2) is 17.1 Å². The molecule has 26 heavy (non-hydrogen) atoms. The standard InChI is InChI=1S/C18H14F3N3O2/c1-26-12-8-6-11(7-9-12)15-10-16(25)24-17(23-15)22-14-5-3-2-4-13(14)18(19,20)21/h2-10H,1H3,(H2,22,23,24,25). The molecule has 0 unspecified atom stereocenters. The van der Waals surface area contributed by atoms with Crippen LogP contribution in [-0.2, 0) is 6.18 Å². The number of nitrogens with one attached hydrogen (secondary N) is 2.